The molecule has 0 aliphatic carbocycles. The summed E-state index contributed by atoms with van der Waals surface area (Å²) in [5.74, 6) is -2.41. The van der Waals surface area contributed by atoms with E-state index in [0.29, 0.717) is 0 Å². The van der Waals surface area contributed by atoms with Gasteiger partial charge in [-0.3, -0.25) is 0 Å². The Hall–Kier alpha value is -2.49. The van der Waals surface area contributed by atoms with Crippen molar-refractivity contribution in [3.8, 4) is 0 Å². The van der Waals surface area contributed by atoms with Crippen molar-refractivity contribution in [2.24, 2.45) is 5.41 Å². The molecule has 0 spiro atoms. The summed E-state index contributed by atoms with van der Waals surface area (Å²) in [5, 5.41) is 0. The van der Waals surface area contributed by atoms with E-state index < -0.39 is 42.2 Å². The molecule has 0 rings (SSSR count). The SMILES string of the molecule is C=CC(=O)OC(OCC)C(CC)(C(OCC)OC(=O)C=C)C(OCC)OC(=O)C=C. The van der Waals surface area contributed by atoms with Gasteiger partial charge in [-0.15, -0.1) is 0 Å². The molecule has 0 heterocycles. The van der Waals surface area contributed by atoms with Gasteiger partial charge in [0.15, 0.2) is 5.41 Å². The maximum absolute atomic E-state index is 12.0. The molecule has 0 saturated carbocycles. The number of carbonyl (C=O) groups is 3. The van der Waals surface area contributed by atoms with E-state index in [1.807, 2.05) is 0 Å². The van der Waals surface area contributed by atoms with Crippen molar-refractivity contribution >= 4 is 17.9 Å². The van der Waals surface area contributed by atoms with Crippen molar-refractivity contribution in [3.05, 3.63) is 38.0 Å². The molecule has 0 bridgehead atoms. The van der Waals surface area contributed by atoms with Crippen LogP contribution in [0.15, 0.2) is 38.0 Å². The van der Waals surface area contributed by atoms with Crippen LogP contribution in [-0.2, 0) is 42.8 Å². The highest BCUT2D eigenvalue weighted by Crippen LogP contribution is 2.42. The van der Waals surface area contributed by atoms with Crippen LogP contribution in [0.1, 0.15) is 34.1 Å². The second-order valence-electron chi connectivity index (χ2n) is 5.75. The molecule has 9 heteroatoms. The highest BCUT2D eigenvalue weighted by atomic mass is 16.7. The normalized spacial score (nSPS) is 15.6. The summed E-state index contributed by atoms with van der Waals surface area (Å²) in [7, 11) is 0. The van der Waals surface area contributed by atoms with Gasteiger partial charge >= 0.3 is 17.9 Å². The van der Waals surface area contributed by atoms with Crippen molar-refractivity contribution < 1.29 is 42.8 Å². The molecule has 30 heavy (non-hydrogen) atoms. The third-order valence-corrected chi connectivity index (χ3v) is 4.05. The lowest BCUT2D eigenvalue weighted by Gasteiger charge is -2.45. The van der Waals surface area contributed by atoms with E-state index in [0.717, 1.165) is 18.2 Å². The highest BCUT2D eigenvalue weighted by Gasteiger charge is 2.58. The molecule has 0 N–H and O–H groups in total. The van der Waals surface area contributed by atoms with Gasteiger partial charge < -0.3 is 28.4 Å². The van der Waals surface area contributed by atoms with Crippen LogP contribution < -0.4 is 0 Å². The first-order chi connectivity index (χ1) is 14.3. The van der Waals surface area contributed by atoms with Crippen LogP contribution in [0.5, 0.6) is 0 Å². The minimum Gasteiger partial charge on any atom is -0.431 e. The lowest BCUT2D eigenvalue weighted by Crippen LogP contribution is -2.59. The fraction of sp³-hybridized carbons (Fsp3) is 0.571. The number of esters is 3. The van der Waals surface area contributed by atoms with Gasteiger partial charge in [-0.05, 0) is 27.2 Å². The fourth-order valence-electron chi connectivity index (χ4n) is 2.64. The van der Waals surface area contributed by atoms with E-state index in [4.69, 9.17) is 28.4 Å². The molecule has 0 aromatic carbocycles. The molecule has 170 valence electrons. The predicted octanol–water partition coefficient (Wildman–Crippen LogP) is 2.66. The zero-order chi connectivity index (χ0) is 23.2. The minimum absolute atomic E-state index is 0.0896. The van der Waals surface area contributed by atoms with Crippen LogP contribution in [0.4, 0.5) is 0 Å². The molecule has 0 saturated heterocycles. The number of ether oxygens (including phenoxy) is 6. The Kier molecular flexibility index (Phi) is 13.3. The summed E-state index contributed by atoms with van der Waals surface area (Å²) in [6, 6.07) is 0. The monoisotopic (exact) mass is 428 g/mol. The Morgan fingerprint density at radius 2 is 0.933 bits per heavy atom. The molecule has 0 aromatic heterocycles. The molecule has 0 aromatic rings. The van der Waals surface area contributed by atoms with Crippen LogP contribution in [-0.4, -0.2) is 56.6 Å². The van der Waals surface area contributed by atoms with Gasteiger partial charge in [0.05, 0.1) is 0 Å². The molecule has 0 amide bonds. The van der Waals surface area contributed by atoms with Crippen LogP contribution in [0.2, 0.25) is 0 Å². The first kappa shape index (κ1) is 27.5. The Balaban J connectivity index is 6.72. The number of rotatable bonds is 16. The number of hydrogen-bond acceptors (Lipinski definition) is 9. The summed E-state index contributed by atoms with van der Waals surface area (Å²) >= 11 is 0. The summed E-state index contributed by atoms with van der Waals surface area (Å²) in [4.78, 5) is 36.1. The van der Waals surface area contributed by atoms with Crippen molar-refractivity contribution in [3.63, 3.8) is 0 Å². The van der Waals surface area contributed by atoms with E-state index in [9.17, 15) is 14.4 Å². The van der Waals surface area contributed by atoms with Gasteiger partial charge in [-0.1, -0.05) is 26.7 Å². The molecular weight excluding hydrogens is 396 g/mol. The van der Waals surface area contributed by atoms with Crippen molar-refractivity contribution in [1.82, 2.24) is 0 Å². The van der Waals surface area contributed by atoms with Crippen molar-refractivity contribution in [1.29, 1.82) is 0 Å². The van der Waals surface area contributed by atoms with E-state index in [1.54, 1.807) is 27.7 Å². The van der Waals surface area contributed by atoms with Crippen molar-refractivity contribution in [2.45, 2.75) is 53.0 Å². The quantitative estimate of drug-likeness (QED) is 0.159. The van der Waals surface area contributed by atoms with Gasteiger partial charge in [0.2, 0.25) is 18.9 Å². The standard InChI is InChI=1S/C21H32O9/c1-8-15(22)28-18(25-12-5)21(11-4,19(26-13-6)29-16(23)9-2)20(27-14-7)30-17(24)10-3/h8-10,18-20H,1-3,11-14H2,4-7H3. The third-order valence-electron chi connectivity index (χ3n) is 4.05. The summed E-state index contributed by atoms with van der Waals surface area (Å²) in [6.07, 6.45) is -1.23. The Morgan fingerprint density at radius 1 is 0.667 bits per heavy atom. The van der Waals surface area contributed by atoms with E-state index in [-0.39, 0.29) is 26.2 Å². The molecule has 3 atom stereocenters. The predicted molar refractivity (Wildman–Crippen MR) is 108 cm³/mol. The maximum Gasteiger partial charge on any atom is 0.332 e. The van der Waals surface area contributed by atoms with E-state index in [1.165, 1.54) is 0 Å². The fourth-order valence-corrected chi connectivity index (χ4v) is 2.64. The second-order valence-corrected chi connectivity index (χ2v) is 5.75. The zero-order valence-corrected chi connectivity index (χ0v) is 18.1. The maximum atomic E-state index is 12.0. The largest absolute Gasteiger partial charge is 0.431 e. The van der Waals surface area contributed by atoms with E-state index >= 15 is 0 Å². The summed E-state index contributed by atoms with van der Waals surface area (Å²) in [5.41, 5.74) is -1.60. The lowest BCUT2D eigenvalue weighted by atomic mass is 9.81. The first-order valence-electron chi connectivity index (χ1n) is 9.64. The second kappa shape index (κ2) is 14.5. The van der Waals surface area contributed by atoms with Crippen LogP contribution in [0.3, 0.4) is 0 Å². The number of hydrogen-bond donors (Lipinski definition) is 0. The van der Waals surface area contributed by atoms with Crippen LogP contribution in [0.25, 0.3) is 0 Å². The molecule has 0 fully saturated rings. The molecule has 9 nitrogen and oxygen atoms in total. The van der Waals surface area contributed by atoms with Gasteiger partial charge in [-0.25, -0.2) is 14.4 Å². The van der Waals surface area contributed by atoms with Gasteiger partial charge in [-0.2, -0.15) is 0 Å². The first-order valence-corrected chi connectivity index (χ1v) is 9.64. The van der Waals surface area contributed by atoms with Crippen LogP contribution >= 0.6 is 0 Å². The third kappa shape index (κ3) is 7.40. The highest BCUT2D eigenvalue weighted by molar-refractivity contribution is 5.82. The van der Waals surface area contributed by atoms with Crippen LogP contribution in [0, 0.1) is 5.41 Å². The minimum atomic E-state index is -1.60. The lowest BCUT2D eigenvalue weighted by molar-refractivity contribution is -0.340. The Bertz CT molecular complexity index is 520. The number of carbonyl (C=O) groups excluding carboxylic acids is 3. The topological polar surface area (TPSA) is 107 Å². The summed E-state index contributed by atoms with van der Waals surface area (Å²) in [6.45, 7) is 17.2. The molecular formula is C21H32O9. The molecule has 3 unspecified atom stereocenters. The average molecular weight is 428 g/mol. The molecule has 0 radical (unpaired) electrons. The average Bonchev–Trinajstić information content (AvgIpc) is 2.74. The molecule has 0 aliphatic heterocycles. The van der Waals surface area contributed by atoms with Gasteiger partial charge in [0.1, 0.15) is 0 Å². The summed E-state index contributed by atoms with van der Waals surface area (Å²) < 4.78 is 33.2. The smallest absolute Gasteiger partial charge is 0.332 e. The van der Waals surface area contributed by atoms with Gasteiger partial charge in [0, 0.05) is 38.0 Å². The van der Waals surface area contributed by atoms with Crippen molar-refractivity contribution in [2.75, 3.05) is 19.8 Å². The zero-order valence-electron chi connectivity index (χ0n) is 18.1. The molecule has 0 aliphatic rings. The Morgan fingerprint density at radius 3 is 1.10 bits per heavy atom. The van der Waals surface area contributed by atoms with E-state index in [2.05, 4.69) is 19.7 Å². The van der Waals surface area contributed by atoms with Gasteiger partial charge in [0.25, 0.3) is 0 Å². The Labute approximate surface area is 177 Å².